The van der Waals surface area contributed by atoms with Crippen LogP contribution >= 0.6 is 39.3 Å². The second-order valence-corrected chi connectivity index (χ2v) is 8.64. The predicted octanol–water partition coefficient (Wildman–Crippen LogP) is 4.54. The molecule has 0 fully saturated rings. The van der Waals surface area contributed by atoms with Crippen molar-refractivity contribution in [3.8, 4) is 0 Å². The third-order valence-electron chi connectivity index (χ3n) is 4.28. The van der Waals surface area contributed by atoms with E-state index in [1.165, 1.54) is 23.9 Å². The number of rotatable bonds is 3. The van der Waals surface area contributed by atoms with Crippen LogP contribution in [-0.2, 0) is 4.79 Å². The highest BCUT2D eigenvalue weighted by Crippen LogP contribution is 2.38. The zero-order valence-corrected chi connectivity index (χ0v) is 17.6. The largest absolute Gasteiger partial charge is 0.323 e. The number of thioether (sulfide) groups is 1. The minimum atomic E-state index is -0.597. The molecule has 2 aromatic carbocycles. The summed E-state index contributed by atoms with van der Waals surface area (Å²) in [6, 6.07) is 11.3. The Labute approximate surface area is 178 Å². The van der Waals surface area contributed by atoms with Crippen molar-refractivity contribution >= 4 is 50.9 Å². The van der Waals surface area contributed by atoms with Crippen LogP contribution in [0.4, 0.5) is 10.1 Å². The molecule has 6 nitrogen and oxygen atoms in total. The van der Waals surface area contributed by atoms with Gasteiger partial charge in [-0.3, -0.25) is 4.79 Å². The first-order valence-corrected chi connectivity index (χ1v) is 10.3. The highest BCUT2D eigenvalue weighted by atomic mass is 79.9. The van der Waals surface area contributed by atoms with E-state index in [9.17, 15) is 9.18 Å². The van der Waals surface area contributed by atoms with E-state index < -0.39 is 11.1 Å². The van der Waals surface area contributed by atoms with Crippen molar-refractivity contribution < 1.29 is 9.18 Å². The lowest BCUT2D eigenvalue weighted by atomic mass is 10.0. The smallest absolute Gasteiger partial charge is 0.240 e. The number of fused-ring (bicyclic) bond motifs is 1. The summed E-state index contributed by atoms with van der Waals surface area (Å²) in [6.45, 7) is 1.82. The van der Waals surface area contributed by atoms with Gasteiger partial charge in [-0.25, -0.2) is 9.07 Å². The molecule has 0 bridgehead atoms. The molecule has 1 aliphatic rings. The molecule has 0 aliphatic carbocycles. The molecule has 1 aliphatic heterocycles. The molecule has 10 heteroatoms. The Morgan fingerprint density at radius 2 is 2.04 bits per heavy atom. The number of hydrogen-bond acceptors (Lipinski definition) is 5. The number of carbonyl (C=O) groups is 1. The number of carbonyl (C=O) groups excluding carboxylic acids is 1. The van der Waals surface area contributed by atoms with Crippen molar-refractivity contribution in [3.63, 3.8) is 0 Å². The molecule has 2 unspecified atom stereocenters. The van der Waals surface area contributed by atoms with Crippen LogP contribution in [0, 0.1) is 12.7 Å². The zero-order valence-electron chi connectivity index (χ0n) is 14.5. The van der Waals surface area contributed by atoms with Crippen LogP contribution < -0.4 is 10.7 Å². The standard InChI is InChI=1S/C18H14BrClFN5OS/c1-9-23-24-18-26(9)25-15(10-2-5-12(20)6-3-10)16(28-18)17(27)22-14-7-4-11(19)8-13(14)21/h2-8,15-16,25H,1H3,(H,22,27). The van der Waals surface area contributed by atoms with Crippen LogP contribution in [0.25, 0.3) is 0 Å². The van der Waals surface area contributed by atoms with Gasteiger partial charge in [0.1, 0.15) is 16.9 Å². The van der Waals surface area contributed by atoms with Gasteiger partial charge in [0.2, 0.25) is 11.1 Å². The molecule has 1 aromatic heterocycles. The molecule has 0 saturated heterocycles. The average molecular weight is 483 g/mol. The second kappa shape index (κ2) is 7.73. The van der Waals surface area contributed by atoms with Gasteiger partial charge in [0, 0.05) is 9.50 Å². The van der Waals surface area contributed by atoms with Crippen LogP contribution in [0.15, 0.2) is 52.1 Å². The highest BCUT2D eigenvalue weighted by Gasteiger charge is 2.37. The normalized spacial score (nSPS) is 18.3. The molecule has 144 valence electrons. The van der Waals surface area contributed by atoms with E-state index in [1.54, 1.807) is 22.9 Å². The van der Waals surface area contributed by atoms with E-state index >= 15 is 0 Å². The molecule has 0 saturated carbocycles. The van der Waals surface area contributed by atoms with Crippen LogP contribution in [0.1, 0.15) is 17.4 Å². The van der Waals surface area contributed by atoms with E-state index in [0.29, 0.717) is 20.5 Å². The number of hydrogen-bond donors (Lipinski definition) is 2. The minimum absolute atomic E-state index is 0.117. The number of aromatic nitrogens is 3. The van der Waals surface area contributed by atoms with Crippen molar-refractivity contribution in [1.82, 2.24) is 14.9 Å². The van der Waals surface area contributed by atoms with E-state index in [1.807, 2.05) is 19.1 Å². The molecule has 3 aromatic rings. The maximum atomic E-state index is 14.2. The van der Waals surface area contributed by atoms with Crippen LogP contribution in [0.5, 0.6) is 0 Å². The first-order valence-electron chi connectivity index (χ1n) is 8.29. The third kappa shape index (κ3) is 3.74. The Kier molecular flexibility index (Phi) is 5.31. The Morgan fingerprint density at radius 3 is 2.75 bits per heavy atom. The lowest BCUT2D eigenvalue weighted by molar-refractivity contribution is -0.116. The fourth-order valence-electron chi connectivity index (χ4n) is 2.88. The van der Waals surface area contributed by atoms with E-state index in [2.05, 4.69) is 36.9 Å². The SMILES string of the molecule is Cc1nnc2n1NC(c1ccc(Cl)cc1)C(C(=O)Nc1ccc(Br)cc1F)S2. The number of nitrogens with zero attached hydrogens (tertiary/aromatic N) is 3. The fraction of sp³-hybridized carbons (Fsp3) is 0.167. The Balaban J connectivity index is 1.67. The molecule has 4 rings (SSSR count). The summed E-state index contributed by atoms with van der Waals surface area (Å²) in [4.78, 5) is 13.0. The van der Waals surface area contributed by atoms with Gasteiger partial charge in [0.15, 0.2) is 0 Å². The van der Waals surface area contributed by atoms with Gasteiger partial charge in [0.05, 0.1) is 11.7 Å². The maximum Gasteiger partial charge on any atom is 0.240 e. The van der Waals surface area contributed by atoms with Crippen molar-refractivity contribution in [2.24, 2.45) is 0 Å². The molecule has 2 atom stereocenters. The number of amides is 1. The van der Waals surface area contributed by atoms with Gasteiger partial charge in [0.25, 0.3) is 0 Å². The van der Waals surface area contributed by atoms with Crippen LogP contribution in [0.2, 0.25) is 5.02 Å². The summed E-state index contributed by atoms with van der Waals surface area (Å²) < 4.78 is 16.5. The molecule has 2 N–H and O–H groups in total. The lowest BCUT2D eigenvalue weighted by Crippen LogP contribution is -2.41. The van der Waals surface area contributed by atoms with E-state index in [-0.39, 0.29) is 17.6 Å². The summed E-state index contributed by atoms with van der Waals surface area (Å²) in [5.74, 6) is -0.177. The second-order valence-electron chi connectivity index (χ2n) is 6.18. The van der Waals surface area contributed by atoms with E-state index in [0.717, 1.165) is 5.56 Å². The minimum Gasteiger partial charge on any atom is -0.323 e. The first-order chi connectivity index (χ1) is 13.4. The van der Waals surface area contributed by atoms with Gasteiger partial charge >= 0.3 is 0 Å². The first kappa shape index (κ1) is 19.2. The highest BCUT2D eigenvalue weighted by molar-refractivity contribution is 9.10. The van der Waals surface area contributed by atoms with Gasteiger partial charge in [-0.1, -0.05) is 51.4 Å². The molecule has 0 radical (unpaired) electrons. The van der Waals surface area contributed by atoms with Crippen LogP contribution in [0.3, 0.4) is 0 Å². The number of anilines is 1. The third-order valence-corrected chi connectivity index (χ3v) is 6.24. The number of aryl methyl sites for hydroxylation is 1. The maximum absolute atomic E-state index is 14.2. The summed E-state index contributed by atoms with van der Waals surface area (Å²) in [6.07, 6.45) is 0. The number of benzene rings is 2. The van der Waals surface area contributed by atoms with Crippen molar-refractivity contribution in [2.75, 3.05) is 10.7 Å². The summed E-state index contributed by atoms with van der Waals surface area (Å²) in [7, 11) is 0. The fourth-order valence-corrected chi connectivity index (χ4v) is 4.46. The van der Waals surface area contributed by atoms with Gasteiger partial charge < -0.3 is 10.7 Å². The Hall–Kier alpha value is -2.10. The van der Waals surface area contributed by atoms with Crippen molar-refractivity contribution in [1.29, 1.82) is 0 Å². The number of nitrogens with one attached hydrogen (secondary N) is 2. The lowest BCUT2D eigenvalue weighted by Gasteiger charge is -2.32. The molecule has 28 heavy (non-hydrogen) atoms. The molecule has 2 heterocycles. The Morgan fingerprint density at radius 1 is 1.29 bits per heavy atom. The van der Waals surface area contributed by atoms with Gasteiger partial charge in [-0.05, 0) is 42.8 Å². The number of halogens is 3. The monoisotopic (exact) mass is 481 g/mol. The van der Waals surface area contributed by atoms with Crippen molar-refractivity contribution in [2.45, 2.75) is 23.4 Å². The van der Waals surface area contributed by atoms with E-state index in [4.69, 9.17) is 11.6 Å². The molecule has 1 amide bonds. The predicted molar refractivity (Wildman–Crippen MR) is 111 cm³/mol. The average Bonchev–Trinajstić information content (AvgIpc) is 3.04. The van der Waals surface area contributed by atoms with Gasteiger partial charge in [-0.2, -0.15) is 0 Å². The summed E-state index contributed by atoms with van der Waals surface area (Å²) in [5, 5.41) is 11.4. The zero-order chi connectivity index (χ0) is 19.8. The summed E-state index contributed by atoms with van der Waals surface area (Å²) >= 11 is 10.5. The van der Waals surface area contributed by atoms with Crippen LogP contribution in [-0.4, -0.2) is 26.0 Å². The quantitative estimate of drug-likeness (QED) is 0.573. The molecular weight excluding hydrogens is 469 g/mol. The van der Waals surface area contributed by atoms with Gasteiger partial charge in [-0.15, -0.1) is 10.2 Å². The van der Waals surface area contributed by atoms with Crippen molar-refractivity contribution in [3.05, 3.63) is 69.2 Å². The molecule has 0 spiro atoms. The molecular formula is C18H14BrClFN5OS. The topological polar surface area (TPSA) is 71.8 Å². The summed E-state index contributed by atoms with van der Waals surface area (Å²) in [5.41, 5.74) is 4.27. The Bertz CT molecular complexity index is 1040.